The van der Waals surface area contributed by atoms with Crippen LogP contribution >= 0.6 is 0 Å². The molecule has 0 atom stereocenters. The largest absolute Gasteiger partial charge is 0.205 e. The molecular weight excluding hydrogens is 230 g/mol. The Morgan fingerprint density at radius 1 is 0.947 bits per heavy atom. The molecule has 2 aromatic rings. The first-order valence-corrected chi connectivity index (χ1v) is 6.91. The molecule has 0 N–H and O–H groups in total. The molecule has 0 saturated carbocycles. The molecule has 0 spiro atoms. The number of rotatable bonds is 2. The minimum absolute atomic E-state index is 0.346. The second kappa shape index (κ2) is 5.16. The third-order valence-electron chi connectivity index (χ3n) is 3.42. The fourth-order valence-corrected chi connectivity index (χ4v) is 2.29. The van der Waals surface area contributed by atoms with Crippen LogP contribution in [0.1, 0.15) is 32.0 Å². The molecule has 2 rings (SSSR count). The van der Waals surface area contributed by atoms with Crippen molar-refractivity contribution in [2.24, 2.45) is 12.5 Å². The van der Waals surface area contributed by atoms with Gasteiger partial charge in [0.15, 0.2) is 11.9 Å². The summed E-state index contributed by atoms with van der Waals surface area (Å²) in [5.41, 5.74) is 5.61. The molecule has 0 unspecified atom stereocenters. The summed E-state index contributed by atoms with van der Waals surface area (Å²) in [5, 5.41) is 0. The average molecular weight is 254 g/mol. The molecule has 0 radical (unpaired) electrons. The van der Waals surface area contributed by atoms with Crippen LogP contribution in [0.25, 0.3) is 11.1 Å². The van der Waals surface area contributed by atoms with Crippen LogP contribution in [0.3, 0.4) is 0 Å². The van der Waals surface area contributed by atoms with E-state index in [1.165, 1.54) is 22.4 Å². The summed E-state index contributed by atoms with van der Waals surface area (Å²) >= 11 is 0. The normalized spacial score (nSPS) is 11.6. The highest BCUT2D eigenvalue weighted by atomic mass is 14.9. The zero-order chi connectivity index (χ0) is 14.0. The van der Waals surface area contributed by atoms with E-state index in [9.17, 15) is 0 Å². The number of benzene rings is 1. The molecule has 1 aromatic heterocycles. The van der Waals surface area contributed by atoms with Crippen molar-refractivity contribution in [1.82, 2.24) is 0 Å². The van der Waals surface area contributed by atoms with Crippen molar-refractivity contribution in [2.45, 2.75) is 34.1 Å². The van der Waals surface area contributed by atoms with Gasteiger partial charge in [-0.2, -0.15) is 0 Å². The summed E-state index contributed by atoms with van der Waals surface area (Å²) in [7, 11) is 2.07. The van der Waals surface area contributed by atoms with E-state index in [1.54, 1.807) is 0 Å². The van der Waals surface area contributed by atoms with E-state index in [0.717, 1.165) is 6.42 Å². The van der Waals surface area contributed by atoms with Crippen LogP contribution in [-0.4, -0.2) is 0 Å². The molecule has 1 heteroatoms. The maximum absolute atomic E-state index is 2.28. The lowest BCUT2D eigenvalue weighted by Crippen LogP contribution is -2.30. The van der Waals surface area contributed by atoms with Crippen LogP contribution in [0.4, 0.5) is 0 Å². The van der Waals surface area contributed by atoms with E-state index >= 15 is 0 Å². The summed E-state index contributed by atoms with van der Waals surface area (Å²) in [6.07, 6.45) is 3.24. The third kappa shape index (κ3) is 3.66. The zero-order valence-electron chi connectivity index (χ0n) is 12.7. The summed E-state index contributed by atoms with van der Waals surface area (Å²) in [6.45, 7) is 8.97. The molecule has 0 aliphatic heterocycles. The first-order chi connectivity index (χ1) is 8.85. The van der Waals surface area contributed by atoms with Crippen LogP contribution in [-0.2, 0) is 13.5 Å². The van der Waals surface area contributed by atoms with Crippen molar-refractivity contribution in [3.8, 4) is 11.1 Å². The smallest absolute Gasteiger partial charge is 0.178 e. The van der Waals surface area contributed by atoms with Crippen LogP contribution in [0.15, 0.2) is 42.6 Å². The third-order valence-corrected chi connectivity index (χ3v) is 3.42. The minimum atomic E-state index is 0.346. The van der Waals surface area contributed by atoms with Gasteiger partial charge in [0.1, 0.15) is 7.05 Å². The van der Waals surface area contributed by atoms with Gasteiger partial charge in [0.2, 0.25) is 0 Å². The Hall–Kier alpha value is -1.63. The van der Waals surface area contributed by atoms with Crippen LogP contribution in [0, 0.1) is 12.3 Å². The number of aromatic nitrogens is 1. The van der Waals surface area contributed by atoms with Crippen molar-refractivity contribution in [2.75, 3.05) is 0 Å². The maximum atomic E-state index is 2.28. The minimum Gasteiger partial charge on any atom is -0.205 e. The number of nitrogens with zero attached hydrogens (tertiary/aromatic N) is 1. The Bertz CT molecular complexity index is 559. The molecule has 100 valence electrons. The Morgan fingerprint density at radius 3 is 2.11 bits per heavy atom. The topological polar surface area (TPSA) is 3.88 Å². The average Bonchev–Trinajstić information content (AvgIpc) is 2.32. The summed E-state index contributed by atoms with van der Waals surface area (Å²) < 4.78 is 2.14. The molecule has 0 fully saturated rings. The molecular formula is C18H24N+. The van der Waals surface area contributed by atoms with Gasteiger partial charge in [0, 0.05) is 19.1 Å². The lowest BCUT2D eigenvalue weighted by atomic mass is 9.88. The quantitative estimate of drug-likeness (QED) is 0.711. The van der Waals surface area contributed by atoms with Gasteiger partial charge in [-0.3, -0.25) is 0 Å². The highest BCUT2D eigenvalue weighted by molar-refractivity contribution is 5.63. The van der Waals surface area contributed by atoms with Crippen LogP contribution < -0.4 is 4.57 Å². The van der Waals surface area contributed by atoms with Gasteiger partial charge in [-0.15, -0.1) is 0 Å². The van der Waals surface area contributed by atoms with E-state index in [1.807, 2.05) is 0 Å². The predicted molar refractivity (Wildman–Crippen MR) is 81.0 cm³/mol. The number of hydrogen-bond acceptors (Lipinski definition) is 0. The number of pyridine rings is 1. The van der Waals surface area contributed by atoms with Gasteiger partial charge in [-0.1, -0.05) is 45.0 Å². The number of hydrogen-bond donors (Lipinski definition) is 0. The molecule has 0 bridgehead atoms. The Labute approximate surface area is 116 Å². The first kappa shape index (κ1) is 13.8. The lowest BCUT2D eigenvalue weighted by molar-refractivity contribution is -0.677. The number of aryl methyl sites for hydroxylation is 2. The van der Waals surface area contributed by atoms with Crippen LogP contribution in [0.5, 0.6) is 0 Å². The fourth-order valence-electron chi connectivity index (χ4n) is 2.29. The van der Waals surface area contributed by atoms with Crippen molar-refractivity contribution >= 4 is 0 Å². The standard InChI is InChI=1S/C18H24N/c1-14-12-17(10-11-19(14)5)16-8-6-15(7-9-16)13-18(2,3)4/h6-12H,13H2,1-5H3/q+1. The van der Waals surface area contributed by atoms with Gasteiger partial charge in [-0.05, 0) is 28.5 Å². The lowest BCUT2D eigenvalue weighted by Gasteiger charge is -2.18. The SMILES string of the molecule is Cc1cc(-c2ccc(CC(C)(C)C)cc2)cc[n+]1C. The second-order valence-corrected chi connectivity index (χ2v) is 6.60. The maximum Gasteiger partial charge on any atom is 0.178 e. The molecule has 0 amide bonds. The van der Waals surface area contributed by atoms with Crippen molar-refractivity contribution < 1.29 is 4.57 Å². The zero-order valence-corrected chi connectivity index (χ0v) is 12.7. The molecule has 1 heterocycles. The Morgan fingerprint density at radius 2 is 1.58 bits per heavy atom. The van der Waals surface area contributed by atoms with E-state index < -0.39 is 0 Å². The molecule has 0 aliphatic rings. The Kier molecular flexibility index (Phi) is 3.75. The van der Waals surface area contributed by atoms with Crippen molar-refractivity contribution in [3.63, 3.8) is 0 Å². The summed E-state index contributed by atoms with van der Waals surface area (Å²) in [6, 6.07) is 13.4. The molecule has 1 aromatic carbocycles. The summed E-state index contributed by atoms with van der Waals surface area (Å²) in [5.74, 6) is 0. The molecule has 0 aliphatic carbocycles. The fraction of sp³-hybridized carbons (Fsp3) is 0.389. The van der Waals surface area contributed by atoms with Crippen molar-refractivity contribution in [1.29, 1.82) is 0 Å². The van der Waals surface area contributed by atoms with Gasteiger partial charge in [0.05, 0.1) is 0 Å². The Balaban J connectivity index is 2.25. The van der Waals surface area contributed by atoms with Crippen LogP contribution in [0.2, 0.25) is 0 Å². The van der Waals surface area contributed by atoms with Crippen molar-refractivity contribution in [3.05, 3.63) is 53.9 Å². The van der Waals surface area contributed by atoms with E-state index in [-0.39, 0.29) is 0 Å². The molecule has 1 nitrogen and oxygen atoms in total. The van der Waals surface area contributed by atoms with E-state index in [0.29, 0.717) is 5.41 Å². The molecule has 0 saturated heterocycles. The van der Waals surface area contributed by atoms with Gasteiger partial charge >= 0.3 is 0 Å². The second-order valence-electron chi connectivity index (χ2n) is 6.60. The van der Waals surface area contributed by atoms with Gasteiger partial charge in [-0.25, -0.2) is 4.57 Å². The van der Waals surface area contributed by atoms with Gasteiger partial charge in [0.25, 0.3) is 0 Å². The molecule has 19 heavy (non-hydrogen) atoms. The summed E-state index contributed by atoms with van der Waals surface area (Å²) in [4.78, 5) is 0. The highest BCUT2D eigenvalue weighted by Gasteiger charge is 2.11. The monoisotopic (exact) mass is 254 g/mol. The highest BCUT2D eigenvalue weighted by Crippen LogP contribution is 2.24. The van der Waals surface area contributed by atoms with Gasteiger partial charge < -0.3 is 0 Å². The first-order valence-electron chi connectivity index (χ1n) is 6.91. The van der Waals surface area contributed by atoms with E-state index in [2.05, 4.69) is 81.9 Å². The predicted octanol–water partition coefficient (Wildman–Crippen LogP) is 4.08. The van der Waals surface area contributed by atoms with E-state index in [4.69, 9.17) is 0 Å².